The molecule has 0 saturated carbocycles. The summed E-state index contributed by atoms with van der Waals surface area (Å²) < 4.78 is 14.6. The SMILES string of the molecule is O=C(CC1CCNCC1)Nc1cncc(-c2cnc3[nH]nc(-c4cc5c(-c6ccccc6F)cncc5[nH]4)c3c2)c1. The van der Waals surface area contributed by atoms with Crippen LogP contribution in [0.3, 0.4) is 0 Å². The molecule has 0 unspecified atom stereocenters. The van der Waals surface area contributed by atoms with E-state index in [2.05, 4.69) is 40.8 Å². The maximum Gasteiger partial charge on any atom is 0.224 e. The Labute approximate surface area is 234 Å². The monoisotopic (exact) mass is 546 g/mol. The predicted molar refractivity (Wildman–Crippen MR) is 156 cm³/mol. The average Bonchev–Trinajstić information content (AvgIpc) is 3.62. The third-order valence-electron chi connectivity index (χ3n) is 7.67. The fourth-order valence-electron chi connectivity index (χ4n) is 5.57. The summed E-state index contributed by atoms with van der Waals surface area (Å²) in [5.41, 5.74) is 6.36. The Kier molecular flexibility index (Phi) is 6.44. The molecule has 5 aromatic heterocycles. The van der Waals surface area contributed by atoms with E-state index in [1.165, 1.54) is 6.07 Å². The highest BCUT2D eigenvalue weighted by Gasteiger charge is 2.18. The van der Waals surface area contributed by atoms with Crippen molar-refractivity contribution in [3.63, 3.8) is 0 Å². The number of nitrogens with zero attached hydrogens (tertiary/aromatic N) is 4. The number of anilines is 1. The molecule has 9 nitrogen and oxygen atoms in total. The maximum atomic E-state index is 14.6. The molecule has 0 aliphatic carbocycles. The summed E-state index contributed by atoms with van der Waals surface area (Å²) in [7, 11) is 0. The number of amides is 1. The minimum atomic E-state index is -0.304. The molecule has 1 amide bonds. The summed E-state index contributed by atoms with van der Waals surface area (Å²) in [5.74, 6) is 0.105. The lowest BCUT2D eigenvalue weighted by atomic mass is 9.94. The molecule has 41 heavy (non-hydrogen) atoms. The van der Waals surface area contributed by atoms with Gasteiger partial charge in [-0.25, -0.2) is 9.37 Å². The van der Waals surface area contributed by atoms with Gasteiger partial charge in [-0.15, -0.1) is 0 Å². The molecule has 10 heteroatoms. The molecule has 4 N–H and O–H groups in total. The van der Waals surface area contributed by atoms with Gasteiger partial charge < -0.3 is 15.6 Å². The quantitative estimate of drug-likeness (QED) is 0.213. The molecule has 1 aromatic carbocycles. The Bertz CT molecular complexity index is 1890. The second kappa shape index (κ2) is 10.5. The molecule has 0 atom stereocenters. The Morgan fingerprint density at radius 3 is 2.63 bits per heavy atom. The number of carbonyl (C=O) groups is 1. The number of hydrogen-bond acceptors (Lipinski definition) is 6. The number of benzene rings is 1. The molecular weight excluding hydrogens is 519 g/mol. The van der Waals surface area contributed by atoms with Gasteiger partial charge in [-0.3, -0.25) is 19.9 Å². The molecule has 0 radical (unpaired) electrons. The third kappa shape index (κ3) is 4.93. The normalized spacial score (nSPS) is 14.1. The lowest BCUT2D eigenvalue weighted by molar-refractivity contribution is -0.117. The van der Waals surface area contributed by atoms with Crippen LogP contribution >= 0.6 is 0 Å². The van der Waals surface area contributed by atoms with Crippen LogP contribution in [-0.2, 0) is 4.79 Å². The van der Waals surface area contributed by atoms with Gasteiger partial charge in [-0.2, -0.15) is 5.10 Å². The number of carbonyl (C=O) groups excluding carboxylic acids is 1. The van der Waals surface area contributed by atoms with E-state index in [4.69, 9.17) is 0 Å². The van der Waals surface area contributed by atoms with Gasteiger partial charge in [0.15, 0.2) is 5.65 Å². The number of H-pyrrole nitrogens is 2. The first-order valence-corrected chi connectivity index (χ1v) is 13.6. The van der Waals surface area contributed by atoms with Crippen molar-refractivity contribution in [3.05, 3.63) is 79.3 Å². The molecule has 1 aliphatic rings. The highest BCUT2D eigenvalue weighted by Crippen LogP contribution is 2.35. The first kappa shape index (κ1) is 25.0. The lowest BCUT2D eigenvalue weighted by Crippen LogP contribution is -2.30. The Balaban J connectivity index is 1.20. The number of hydrogen-bond donors (Lipinski definition) is 4. The van der Waals surface area contributed by atoms with Crippen molar-refractivity contribution in [2.75, 3.05) is 18.4 Å². The smallest absolute Gasteiger partial charge is 0.224 e. The van der Waals surface area contributed by atoms with Gasteiger partial charge in [-0.1, -0.05) is 18.2 Å². The van der Waals surface area contributed by atoms with Gasteiger partial charge in [-0.05, 0) is 56.1 Å². The number of pyridine rings is 3. The van der Waals surface area contributed by atoms with Crippen LogP contribution in [0.25, 0.3) is 55.6 Å². The van der Waals surface area contributed by atoms with E-state index < -0.39 is 0 Å². The van der Waals surface area contributed by atoms with Crippen molar-refractivity contribution >= 4 is 33.5 Å². The minimum Gasteiger partial charge on any atom is -0.352 e. The van der Waals surface area contributed by atoms with E-state index in [9.17, 15) is 9.18 Å². The second-order valence-electron chi connectivity index (χ2n) is 10.4. The average molecular weight is 547 g/mol. The molecule has 1 aliphatic heterocycles. The highest BCUT2D eigenvalue weighted by atomic mass is 19.1. The van der Waals surface area contributed by atoms with Crippen molar-refractivity contribution in [2.45, 2.75) is 19.3 Å². The standard InChI is InChI=1S/C31H27FN8O/c32-26-4-2-1-3-22(26)25-16-35-17-28-23(25)12-27(38-28)30-24-11-20(14-36-31(24)40-39-30)19-10-21(15-34-13-19)37-29(41)9-18-5-7-33-8-6-18/h1-4,10-18,33,38H,5-9H2,(H,37,41)(H,36,39,40). The van der Waals surface area contributed by atoms with Gasteiger partial charge >= 0.3 is 0 Å². The van der Waals surface area contributed by atoms with E-state index in [-0.39, 0.29) is 11.7 Å². The first-order chi connectivity index (χ1) is 20.1. The first-order valence-electron chi connectivity index (χ1n) is 13.6. The Hall–Kier alpha value is -4.96. The summed E-state index contributed by atoms with van der Waals surface area (Å²) in [4.78, 5) is 29.3. The van der Waals surface area contributed by atoms with Crippen LogP contribution in [0.15, 0.2) is 73.4 Å². The second-order valence-corrected chi connectivity index (χ2v) is 10.4. The molecule has 1 saturated heterocycles. The molecule has 0 bridgehead atoms. The zero-order valence-corrected chi connectivity index (χ0v) is 22.1. The summed E-state index contributed by atoms with van der Waals surface area (Å²) in [6, 6.07) is 12.5. The molecule has 204 valence electrons. The van der Waals surface area contributed by atoms with Crippen LogP contribution in [0.5, 0.6) is 0 Å². The number of nitrogens with one attached hydrogen (secondary N) is 4. The van der Waals surface area contributed by atoms with Crippen LogP contribution in [0.4, 0.5) is 10.1 Å². The summed E-state index contributed by atoms with van der Waals surface area (Å²) in [5, 5.41) is 15.5. The molecular formula is C31H27FN8O. The third-order valence-corrected chi connectivity index (χ3v) is 7.67. The maximum absolute atomic E-state index is 14.6. The van der Waals surface area contributed by atoms with Gasteiger partial charge in [0.05, 0.1) is 29.3 Å². The zero-order chi connectivity index (χ0) is 27.8. The van der Waals surface area contributed by atoms with Gasteiger partial charge in [0.1, 0.15) is 11.5 Å². The van der Waals surface area contributed by atoms with Crippen LogP contribution in [0.1, 0.15) is 19.3 Å². The van der Waals surface area contributed by atoms with Crippen LogP contribution in [0, 0.1) is 11.7 Å². The Morgan fingerprint density at radius 1 is 0.927 bits per heavy atom. The number of aromatic amines is 2. The number of aromatic nitrogens is 6. The van der Waals surface area contributed by atoms with Crippen LogP contribution in [-0.4, -0.2) is 49.1 Å². The van der Waals surface area contributed by atoms with E-state index >= 15 is 0 Å². The van der Waals surface area contributed by atoms with Crippen molar-refractivity contribution in [3.8, 4) is 33.6 Å². The van der Waals surface area contributed by atoms with Crippen molar-refractivity contribution in [2.24, 2.45) is 5.92 Å². The highest BCUT2D eigenvalue weighted by molar-refractivity contribution is 6.00. The molecule has 0 spiro atoms. The van der Waals surface area contributed by atoms with Crippen molar-refractivity contribution < 1.29 is 9.18 Å². The van der Waals surface area contributed by atoms with Crippen LogP contribution in [0.2, 0.25) is 0 Å². The Morgan fingerprint density at radius 2 is 1.76 bits per heavy atom. The molecule has 6 heterocycles. The lowest BCUT2D eigenvalue weighted by Gasteiger charge is -2.21. The number of fused-ring (bicyclic) bond motifs is 2. The predicted octanol–water partition coefficient (Wildman–Crippen LogP) is 5.70. The van der Waals surface area contributed by atoms with E-state index in [1.54, 1.807) is 43.1 Å². The van der Waals surface area contributed by atoms with Gasteiger partial charge in [0.2, 0.25) is 5.91 Å². The minimum absolute atomic E-state index is 0.00426. The number of halogens is 1. The van der Waals surface area contributed by atoms with E-state index in [1.807, 2.05) is 24.3 Å². The van der Waals surface area contributed by atoms with E-state index in [0.717, 1.165) is 59.0 Å². The summed E-state index contributed by atoms with van der Waals surface area (Å²) in [6.07, 6.45) is 11.1. The molecule has 7 rings (SSSR count). The van der Waals surface area contributed by atoms with E-state index in [0.29, 0.717) is 40.5 Å². The fraction of sp³-hybridized carbons (Fsp3) is 0.194. The number of piperidine rings is 1. The largest absolute Gasteiger partial charge is 0.352 e. The van der Waals surface area contributed by atoms with Gasteiger partial charge in [0, 0.05) is 58.0 Å². The fourth-order valence-corrected chi connectivity index (χ4v) is 5.57. The van der Waals surface area contributed by atoms with Gasteiger partial charge in [0.25, 0.3) is 0 Å². The summed E-state index contributed by atoms with van der Waals surface area (Å²) in [6.45, 7) is 1.92. The molecule has 1 fully saturated rings. The van der Waals surface area contributed by atoms with Crippen molar-refractivity contribution in [1.29, 1.82) is 0 Å². The summed E-state index contributed by atoms with van der Waals surface area (Å²) >= 11 is 0. The number of rotatable bonds is 6. The topological polar surface area (TPSA) is 124 Å². The van der Waals surface area contributed by atoms with Crippen molar-refractivity contribution in [1.82, 2.24) is 35.5 Å². The molecule has 6 aromatic rings. The zero-order valence-electron chi connectivity index (χ0n) is 22.1. The van der Waals surface area contributed by atoms with Crippen LogP contribution < -0.4 is 10.6 Å².